The summed E-state index contributed by atoms with van der Waals surface area (Å²) in [6.07, 6.45) is 3.91. The summed E-state index contributed by atoms with van der Waals surface area (Å²) in [6, 6.07) is 10.00. The van der Waals surface area contributed by atoms with Crippen molar-refractivity contribution in [3.05, 3.63) is 42.0 Å². The van der Waals surface area contributed by atoms with E-state index < -0.39 is 0 Å². The van der Waals surface area contributed by atoms with Crippen molar-refractivity contribution < 1.29 is 9.21 Å². The number of hydrogen-bond acceptors (Lipinski definition) is 3. The maximum absolute atomic E-state index is 11.8. The van der Waals surface area contributed by atoms with Crippen LogP contribution < -0.4 is 5.32 Å². The van der Waals surface area contributed by atoms with Crippen LogP contribution in [0.15, 0.2) is 34.7 Å². The molecule has 4 heteroatoms. The summed E-state index contributed by atoms with van der Waals surface area (Å²) >= 11 is 0. The lowest BCUT2D eigenvalue weighted by atomic mass is 9.85. The van der Waals surface area contributed by atoms with Crippen LogP contribution in [0.4, 0.5) is 0 Å². The van der Waals surface area contributed by atoms with E-state index in [1.54, 1.807) is 0 Å². The van der Waals surface area contributed by atoms with Gasteiger partial charge in [0.1, 0.15) is 11.5 Å². The van der Waals surface area contributed by atoms with Crippen LogP contribution in [0.1, 0.15) is 30.9 Å². The molecule has 0 saturated heterocycles. The van der Waals surface area contributed by atoms with Crippen LogP contribution in [0.3, 0.4) is 0 Å². The SMILES string of the molecule is Cc1nc(-c2ccccc2)c(CCNC(=O)C2CCC2)o1. The first-order valence-corrected chi connectivity index (χ1v) is 7.53. The monoisotopic (exact) mass is 284 g/mol. The van der Waals surface area contributed by atoms with Gasteiger partial charge in [-0.25, -0.2) is 4.98 Å². The summed E-state index contributed by atoms with van der Waals surface area (Å²) < 4.78 is 5.69. The van der Waals surface area contributed by atoms with Crippen molar-refractivity contribution in [3.8, 4) is 11.3 Å². The van der Waals surface area contributed by atoms with Crippen molar-refractivity contribution >= 4 is 5.91 Å². The Labute approximate surface area is 124 Å². The van der Waals surface area contributed by atoms with Gasteiger partial charge in [0.2, 0.25) is 5.91 Å². The predicted molar refractivity (Wildman–Crippen MR) is 80.7 cm³/mol. The van der Waals surface area contributed by atoms with Crippen LogP contribution >= 0.6 is 0 Å². The van der Waals surface area contributed by atoms with E-state index in [2.05, 4.69) is 10.3 Å². The van der Waals surface area contributed by atoms with E-state index in [0.29, 0.717) is 18.9 Å². The quantitative estimate of drug-likeness (QED) is 0.918. The van der Waals surface area contributed by atoms with Gasteiger partial charge in [-0.05, 0) is 12.8 Å². The van der Waals surface area contributed by atoms with Gasteiger partial charge in [-0.2, -0.15) is 0 Å². The maximum atomic E-state index is 11.8. The van der Waals surface area contributed by atoms with E-state index in [9.17, 15) is 4.79 Å². The van der Waals surface area contributed by atoms with Crippen molar-refractivity contribution in [2.75, 3.05) is 6.54 Å². The molecular formula is C17H20N2O2. The van der Waals surface area contributed by atoms with Crippen LogP contribution in [0.5, 0.6) is 0 Å². The van der Waals surface area contributed by atoms with Crippen molar-refractivity contribution in [2.45, 2.75) is 32.6 Å². The van der Waals surface area contributed by atoms with Gasteiger partial charge >= 0.3 is 0 Å². The Kier molecular flexibility index (Phi) is 4.04. The summed E-state index contributed by atoms with van der Waals surface area (Å²) in [5.74, 6) is 1.91. The summed E-state index contributed by atoms with van der Waals surface area (Å²) in [4.78, 5) is 16.3. The summed E-state index contributed by atoms with van der Waals surface area (Å²) in [5.41, 5.74) is 1.93. The summed E-state index contributed by atoms with van der Waals surface area (Å²) in [5, 5.41) is 2.99. The van der Waals surface area contributed by atoms with E-state index in [4.69, 9.17) is 4.42 Å². The van der Waals surface area contributed by atoms with Crippen LogP contribution in [0.2, 0.25) is 0 Å². The van der Waals surface area contributed by atoms with Crippen molar-refractivity contribution in [1.82, 2.24) is 10.3 Å². The Hall–Kier alpha value is -2.10. The standard InChI is InChI=1S/C17H20N2O2/c1-12-19-16(13-6-3-2-4-7-13)15(21-12)10-11-18-17(20)14-8-5-9-14/h2-4,6-7,14H,5,8-11H2,1H3,(H,18,20). The Balaban J connectivity index is 1.64. The molecule has 0 radical (unpaired) electrons. The van der Waals surface area contributed by atoms with Gasteiger partial charge in [0.05, 0.1) is 0 Å². The number of aromatic nitrogens is 1. The number of rotatable bonds is 5. The van der Waals surface area contributed by atoms with E-state index in [0.717, 1.165) is 29.9 Å². The predicted octanol–water partition coefficient (Wildman–Crippen LogP) is 3.11. The number of amides is 1. The zero-order valence-corrected chi connectivity index (χ0v) is 12.3. The van der Waals surface area contributed by atoms with Crippen molar-refractivity contribution in [2.24, 2.45) is 5.92 Å². The minimum atomic E-state index is 0.179. The lowest BCUT2D eigenvalue weighted by molar-refractivity contribution is -0.127. The number of benzene rings is 1. The van der Waals surface area contributed by atoms with Crippen molar-refractivity contribution in [3.63, 3.8) is 0 Å². The lowest BCUT2D eigenvalue weighted by Gasteiger charge is -2.23. The fourth-order valence-corrected chi connectivity index (χ4v) is 2.57. The molecule has 3 rings (SSSR count). The zero-order valence-electron chi connectivity index (χ0n) is 12.3. The molecule has 1 aromatic heterocycles. The van der Waals surface area contributed by atoms with Gasteiger partial charge in [-0.1, -0.05) is 36.8 Å². The first kappa shape index (κ1) is 13.9. The molecule has 0 unspecified atom stereocenters. The lowest BCUT2D eigenvalue weighted by Crippen LogP contribution is -2.35. The van der Waals surface area contributed by atoms with Gasteiger partial charge in [-0.15, -0.1) is 0 Å². The third-order valence-corrected chi connectivity index (χ3v) is 3.98. The Morgan fingerprint density at radius 2 is 2.10 bits per heavy atom. The Morgan fingerprint density at radius 3 is 2.76 bits per heavy atom. The van der Waals surface area contributed by atoms with E-state index in [-0.39, 0.29) is 11.8 Å². The highest BCUT2D eigenvalue weighted by atomic mass is 16.4. The van der Waals surface area contributed by atoms with Gasteiger partial charge in [0.25, 0.3) is 0 Å². The maximum Gasteiger partial charge on any atom is 0.223 e. The smallest absolute Gasteiger partial charge is 0.223 e. The average Bonchev–Trinajstić information content (AvgIpc) is 2.79. The number of nitrogens with zero attached hydrogens (tertiary/aromatic N) is 1. The molecule has 1 heterocycles. The molecule has 1 N–H and O–H groups in total. The summed E-state index contributed by atoms with van der Waals surface area (Å²) in [6.45, 7) is 2.45. The average molecular weight is 284 g/mol. The van der Waals surface area contributed by atoms with Gasteiger partial charge < -0.3 is 9.73 Å². The highest BCUT2D eigenvalue weighted by molar-refractivity contribution is 5.79. The number of carbonyl (C=O) groups is 1. The number of oxazole rings is 1. The minimum Gasteiger partial charge on any atom is -0.445 e. The highest BCUT2D eigenvalue weighted by Crippen LogP contribution is 2.26. The molecular weight excluding hydrogens is 264 g/mol. The van der Waals surface area contributed by atoms with E-state index >= 15 is 0 Å². The third-order valence-electron chi connectivity index (χ3n) is 3.98. The molecule has 0 aliphatic heterocycles. The number of aryl methyl sites for hydroxylation is 1. The van der Waals surface area contributed by atoms with Crippen LogP contribution in [-0.4, -0.2) is 17.4 Å². The van der Waals surface area contributed by atoms with Crippen molar-refractivity contribution in [1.29, 1.82) is 0 Å². The fraction of sp³-hybridized carbons (Fsp3) is 0.412. The van der Waals surface area contributed by atoms with Gasteiger partial charge in [0.15, 0.2) is 5.89 Å². The Bertz CT molecular complexity index is 615. The molecule has 21 heavy (non-hydrogen) atoms. The molecule has 0 atom stereocenters. The highest BCUT2D eigenvalue weighted by Gasteiger charge is 2.24. The normalized spacial score (nSPS) is 14.7. The zero-order chi connectivity index (χ0) is 14.7. The molecule has 0 spiro atoms. The molecule has 1 aromatic carbocycles. The second-order valence-electron chi connectivity index (χ2n) is 5.54. The molecule has 1 aliphatic carbocycles. The third kappa shape index (κ3) is 3.15. The van der Waals surface area contributed by atoms with Crippen LogP contribution in [0.25, 0.3) is 11.3 Å². The second kappa shape index (κ2) is 6.12. The Morgan fingerprint density at radius 1 is 1.33 bits per heavy atom. The molecule has 1 fully saturated rings. The second-order valence-corrected chi connectivity index (χ2v) is 5.54. The molecule has 1 saturated carbocycles. The molecule has 1 aliphatic rings. The number of hydrogen-bond donors (Lipinski definition) is 1. The first-order valence-electron chi connectivity index (χ1n) is 7.53. The number of nitrogens with one attached hydrogen (secondary N) is 1. The minimum absolute atomic E-state index is 0.179. The van der Waals surface area contributed by atoms with Crippen LogP contribution in [-0.2, 0) is 11.2 Å². The van der Waals surface area contributed by atoms with E-state index in [1.807, 2.05) is 37.3 Å². The number of carbonyl (C=O) groups excluding carboxylic acids is 1. The van der Waals surface area contributed by atoms with Gasteiger partial charge in [-0.3, -0.25) is 4.79 Å². The fourth-order valence-electron chi connectivity index (χ4n) is 2.57. The molecule has 1 amide bonds. The molecule has 110 valence electrons. The molecule has 2 aromatic rings. The van der Waals surface area contributed by atoms with Crippen LogP contribution in [0, 0.1) is 12.8 Å². The topological polar surface area (TPSA) is 55.1 Å². The first-order chi connectivity index (χ1) is 10.2. The van der Waals surface area contributed by atoms with E-state index in [1.165, 1.54) is 6.42 Å². The molecule has 0 bridgehead atoms. The molecule has 4 nitrogen and oxygen atoms in total. The largest absolute Gasteiger partial charge is 0.445 e. The summed E-state index contributed by atoms with van der Waals surface area (Å²) in [7, 11) is 0. The van der Waals surface area contributed by atoms with Gasteiger partial charge in [0, 0.05) is 31.4 Å².